The number of halogens is 2. The molecule has 0 radical (unpaired) electrons. The number of imidazole rings is 2. The standard InChI is InChI=1S/C44H40N4.2ClH/c1-33-9-7-11-37(25-33)29-47-31-45(41-13-3-5-15-43(41)47)27-35-17-21-39(22-18-35)40-23-19-36(20-24-40)28-46-32-48(44-16-6-4-14-42(44)46)30-38-12-8-10-34(2)26-38;;/h3-26,31-32H,27-30H2,1-2H3;2*1H/q+2;;/p-2. The van der Waals surface area contributed by atoms with Crippen molar-refractivity contribution in [3.05, 3.63) is 192 Å². The molecule has 0 atom stereocenters. The van der Waals surface area contributed by atoms with Crippen molar-refractivity contribution >= 4 is 22.1 Å². The van der Waals surface area contributed by atoms with E-state index in [4.69, 9.17) is 0 Å². The van der Waals surface area contributed by atoms with Gasteiger partial charge in [0, 0.05) is 0 Å². The molecule has 0 N–H and O–H groups in total. The Morgan fingerprint density at radius 2 is 0.820 bits per heavy atom. The molecular weight excluding hydrogens is 655 g/mol. The third-order valence-corrected chi connectivity index (χ3v) is 9.38. The van der Waals surface area contributed by atoms with Gasteiger partial charge >= 0.3 is 0 Å². The summed E-state index contributed by atoms with van der Waals surface area (Å²) in [7, 11) is 0. The normalized spacial score (nSPS) is 11.0. The highest BCUT2D eigenvalue weighted by atomic mass is 35.5. The lowest BCUT2D eigenvalue weighted by Crippen LogP contribution is -3.00. The van der Waals surface area contributed by atoms with E-state index in [0.29, 0.717) is 0 Å². The van der Waals surface area contributed by atoms with Gasteiger partial charge in [0.1, 0.15) is 26.2 Å². The molecule has 0 aliphatic heterocycles. The number of para-hydroxylation sites is 4. The fourth-order valence-electron chi connectivity index (χ4n) is 7.00. The molecule has 0 saturated carbocycles. The molecule has 0 aliphatic carbocycles. The van der Waals surface area contributed by atoms with Gasteiger partial charge < -0.3 is 24.8 Å². The van der Waals surface area contributed by atoms with Crippen LogP contribution in [-0.2, 0) is 26.2 Å². The molecular formula is C44H40Cl2N4. The van der Waals surface area contributed by atoms with Crippen LogP contribution in [0.1, 0.15) is 33.4 Å². The van der Waals surface area contributed by atoms with Crippen LogP contribution >= 0.6 is 0 Å². The molecule has 0 aliphatic rings. The number of rotatable bonds is 9. The molecule has 6 heteroatoms. The van der Waals surface area contributed by atoms with Gasteiger partial charge in [0.2, 0.25) is 12.7 Å². The van der Waals surface area contributed by atoms with Crippen LogP contribution in [0.4, 0.5) is 0 Å². The Hall–Kier alpha value is -5.16. The van der Waals surface area contributed by atoms with E-state index in [1.54, 1.807) is 0 Å². The minimum atomic E-state index is 0. The number of hydrogen-bond donors (Lipinski definition) is 0. The number of hydrogen-bond acceptors (Lipinski definition) is 0. The molecule has 0 fully saturated rings. The van der Waals surface area contributed by atoms with Crippen LogP contribution in [0.3, 0.4) is 0 Å². The molecule has 2 heterocycles. The van der Waals surface area contributed by atoms with Gasteiger partial charge in [0.25, 0.3) is 0 Å². The van der Waals surface area contributed by atoms with Crippen LogP contribution in [-0.4, -0.2) is 9.13 Å². The van der Waals surface area contributed by atoms with Gasteiger partial charge in [0.05, 0.1) is 0 Å². The van der Waals surface area contributed by atoms with Gasteiger partial charge in [-0.05, 0) is 71.5 Å². The molecule has 4 nitrogen and oxygen atoms in total. The first-order valence-electron chi connectivity index (χ1n) is 16.8. The molecule has 8 rings (SSSR count). The molecule has 0 amide bonds. The summed E-state index contributed by atoms with van der Waals surface area (Å²) in [5.74, 6) is 0. The fraction of sp³-hybridized carbons (Fsp3) is 0.136. The molecule has 0 unspecified atom stereocenters. The van der Waals surface area contributed by atoms with Gasteiger partial charge in [-0.15, -0.1) is 0 Å². The topological polar surface area (TPSA) is 17.6 Å². The summed E-state index contributed by atoms with van der Waals surface area (Å²) in [4.78, 5) is 0. The second kappa shape index (κ2) is 15.2. The van der Waals surface area contributed by atoms with Crippen LogP contribution < -0.4 is 33.9 Å². The predicted molar refractivity (Wildman–Crippen MR) is 195 cm³/mol. The number of aryl methyl sites for hydroxylation is 2. The first-order valence-corrected chi connectivity index (χ1v) is 16.8. The maximum Gasteiger partial charge on any atom is 0.245 e. The van der Waals surface area contributed by atoms with Gasteiger partial charge in [-0.3, -0.25) is 0 Å². The molecule has 0 saturated heterocycles. The van der Waals surface area contributed by atoms with Crippen molar-refractivity contribution < 1.29 is 33.9 Å². The Morgan fingerprint density at radius 3 is 1.22 bits per heavy atom. The van der Waals surface area contributed by atoms with Crippen molar-refractivity contribution in [2.75, 3.05) is 0 Å². The van der Waals surface area contributed by atoms with E-state index in [0.717, 1.165) is 26.2 Å². The molecule has 6 aromatic carbocycles. The summed E-state index contributed by atoms with van der Waals surface area (Å²) in [5.41, 5.74) is 15.3. The highest BCUT2D eigenvalue weighted by Crippen LogP contribution is 2.23. The second-order valence-electron chi connectivity index (χ2n) is 13.1. The van der Waals surface area contributed by atoms with Crippen molar-refractivity contribution in [2.45, 2.75) is 40.0 Å². The van der Waals surface area contributed by atoms with Crippen LogP contribution in [0, 0.1) is 13.8 Å². The average molecular weight is 696 g/mol. The van der Waals surface area contributed by atoms with E-state index < -0.39 is 0 Å². The molecule has 0 bridgehead atoms. The van der Waals surface area contributed by atoms with Crippen molar-refractivity contribution in [3.63, 3.8) is 0 Å². The Bertz CT molecular complexity index is 2200. The maximum atomic E-state index is 2.37. The number of fused-ring (bicyclic) bond motifs is 2. The Labute approximate surface area is 306 Å². The van der Waals surface area contributed by atoms with Crippen LogP contribution in [0.25, 0.3) is 33.2 Å². The van der Waals surface area contributed by atoms with Crippen molar-refractivity contribution in [2.24, 2.45) is 0 Å². The maximum absolute atomic E-state index is 2.37. The van der Waals surface area contributed by atoms with Gasteiger partial charge in [-0.25, -0.2) is 18.3 Å². The number of aromatic nitrogens is 4. The molecule has 50 heavy (non-hydrogen) atoms. The zero-order valence-electron chi connectivity index (χ0n) is 28.4. The van der Waals surface area contributed by atoms with Gasteiger partial charge in [-0.1, -0.05) is 132 Å². The average Bonchev–Trinajstić information content (AvgIpc) is 3.62. The van der Waals surface area contributed by atoms with Crippen molar-refractivity contribution in [1.82, 2.24) is 9.13 Å². The summed E-state index contributed by atoms with van der Waals surface area (Å²) in [5, 5.41) is 0. The summed E-state index contributed by atoms with van der Waals surface area (Å²) >= 11 is 0. The van der Waals surface area contributed by atoms with E-state index in [2.05, 4.69) is 190 Å². The zero-order chi connectivity index (χ0) is 32.5. The minimum absolute atomic E-state index is 0. The Kier molecular flexibility index (Phi) is 10.5. The molecule has 0 spiro atoms. The minimum Gasteiger partial charge on any atom is -1.00 e. The highest BCUT2D eigenvalue weighted by Gasteiger charge is 2.18. The van der Waals surface area contributed by atoms with E-state index in [-0.39, 0.29) is 24.8 Å². The number of benzene rings is 6. The fourth-order valence-corrected chi connectivity index (χ4v) is 7.00. The lowest BCUT2D eigenvalue weighted by molar-refractivity contribution is -0.663. The van der Waals surface area contributed by atoms with Crippen LogP contribution in [0.15, 0.2) is 158 Å². The van der Waals surface area contributed by atoms with E-state index in [9.17, 15) is 0 Å². The van der Waals surface area contributed by atoms with E-state index >= 15 is 0 Å². The van der Waals surface area contributed by atoms with Gasteiger partial charge in [0.15, 0.2) is 22.1 Å². The Morgan fingerprint density at radius 1 is 0.420 bits per heavy atom. The predicted octanol–water partition coefficient (Wildman–Crippen LogP) is 2.66. The first kappa shape index (κ1) is 34.7. The largest absolute Gasteiger partial charge is 1.00 e. The second-order valence-corrected chi connectivity index (χ2v) is 13.1. The van der Waals surface area contributed by atoms with E-state index in [1.165, 1.54) is 66.6 Å². The SMILES string of the molecule is Cc1cccc(C[n+]2cn(Cc3ccc(-c4ccc(Cn5c[n+](Cc6cccc(C)c6)c6ccccc65)cc4)cc3)c3ccccc32)c1.[Cl-].[Cl-]. The van der Waals surface area contributed by atoms with E-state index in [1.807, 2.05) is 0 Å². The summed E-state index contributed by atoms with van der Waals surface area (Å²) in [6, 6.07) is 53.0. The van der Waals surface area contributed by atoms with Crippen LogP contribution in [0.5, 0.6) is 0 Å². The molecule has 2 aromatic heterocycles. The van der Waals surface area contributed by atoms with Crippen LogP contribution in [0.2, 0.25) is 0 Å². The third kappa shape index (κ3) is 7.38. The first-order chi connectivity index (χ1) is 23.6. The summed E-state index contributed by atoms with van der Waals surface area (Å²) in [6.07, 6.45) is 4.52. The monoisotopic (exact) mass is 694 g/mol. The smallest absolute Gasteiger partial charge is 0.245 e. The third-order valence-electron chi connectivity index (χ3n) is 9.38. The summed E-state index contributed by atoms with van der Waals surface area (Å²) in [6.45, 7) is 7.69. The van der Waals surface area contributed by atoms with Gasteiger partial charge in [-0.2, -0.15) is 0 Å². The zero-order valence-corrected chi connectivity index (χ0v) is 29.9. The van der Waals surface area contributed by atoms with Crippen molar-refractivity contribution in [3.8, 4) is 11.1 Å². The lowest BCUT2D eigenvalue weighted by Gasteiger charge is -2.06. The van der Waals surface area contributed by atoms with Crippen molar-refractivity contribution in [1.29, 1.82) is 0 Å². The lowest BCUT2D eigenvalue weighted by atomic mass is 10.0. The quantitative estimate of drug-likeness (QED) is 0.207. The Balaban J connectivity index is 0.00000216. The highest BCUT2D eigenvalue weighted by molar-refractivity contribution is 5.72. The molecule has 250 valence electrons. The number of nitrogens with zero attached hydrogens (tertiary/aromatic N) is 4. The summed E-state index contributed by atoms with van der Waals surface area (Å²) < 4.78 is 9.45. The molecule has 8 aromatic rings.